The van der Waals surface area contributed by atoms with Crippen molar-refractivity contribution in [2.75, 3.05) is 20.8 Å². The van der Waals surface area contributed by atoms with Crippen molar-refractivity contribution < 1.29 is 24.2 Å². The zero-order valence-electron chi connectivity index (χ0n) is 24.9. The first kappa shape index (κ1) is 31.5. The fourth-order valence-corrected chi connectivity index (χ4v) is 5.39. The van der Waals surface area contributed by atoms with Crippen molar-refractivity contribution in [2.45, 2.75) is 97.2 Å². The minimum atomic E-state index is -0.574. The average Bonchev–Trinajstić information content (AvgIpc) is 3.37. The third-order valence-electron chi connectivity index (χ3n) is 7.66. The Morgan fingerprint density at radius 3 is 2.40 bits per heavy atom. The van der Waals surface area contributed by atoms with Crippen molar-refractivity contribution in [2.24, 2.45) is 11.8 Å². The Kier molecular flexibility index (Phi) is 12.3. The van der Waals surface area contributed by atoms with Crippen molar-refractivity contribution in [3.63, 3.8) is 0 Å². The molecule has 3 rings (SSSR count). The van der Waals surface area contributed by atoms with Crippen molar-refractivity contribution in [1.29, 1.82) is 0 Å². The van der Waals surface area contributed by atoms with Gasteiger partial charge in [0, 0.05) is 25.6 Å². The van der Waals surface area contributed by atoms with Gasteiger partial charge in [-0.05, 0) is 49.3 Å². The van der Waals surface area contributed by atoms with E-state index < -0.39 is 6.10 Å². The number of aromatic nitrogens is 2. The molecule has 0 spiro atoms. The lowest BCUT2D eigenvalue weighted by molar-refractivity contribution is -0.122. The zero-order valence-corrected chi connectivity index (χ0v) is 24.9. The second kappa shape index (κ2) is 15.6. The molecule has 0 aliphatic heterocycles. The summed E-state index contributed by atoms with van der Waals surface area (Å²) in [5.74, 6) is 1.70. The Morgan fingerprint density at radius 1 is 1.12 bits per heavy atom. The smallest absolute Gasteiger partial charge is 0.272 e. The molecule has 40 heavy (non-hydrogen) atoms. The number of nitrogens with zero attached hydrogens (tertiary/aromatic N) is 2. The molecule has 9 nitrogen and oxygen atoms in total. The van der Waals surface area contributed by atoms with Crippen molar-refractivity contribution in [3.8, 4) is 22.8 Å². The number of hydrogen-bond acceptors (Lipinski definition) is 6. The van der Waals surface area contributed by atoms with Gasteiger partial charge in [-0.2, -0.15) is 5.10 Å². The van der Waals surface area contributed by atoms with E-state index in [1.165, 1.54) is 32.1 Å². The zero-order chi connectivity index (χ0) is 29.1. The normalized spacial score (nSPS) is 15.5. The molecule has 3 N–H and O–H groups in total. The summed E-state index contributed by atoms with van der Waals surface area (Å²) in [6.07, 6.45) is 8.06. The number of amides is 2. The summed E-state index contributed by atoms with van der Waals surface area (Å²) in [5.41, 5.74) is 1.76. The fourth-order valence-electron chi connectivity index (χ4n) is 5.39. The summed E-state index contributed by atoms with van der Waals surface area (Å²) in [4.78, 5) is 26.3. The molecular formula is C31H48N4O5. The maximum atomic E-state index is 13.6. The lowest BCUT2D eigenvalue weighted by Crippen LogP contribution is -2.41. The van der Waals surface area contributed by atoms with Gasteiger partial charge >= 0.3 is 0 Å². The number of rotatable bonds is 15. The number of hydrogen-bond donors (Lipinski definition) is 3. The Labute approximate surface area is 239 Å². The first-order valence-electron chi connectivity index (χ1n) is 14.8. The second-order valence-electron chi connectivity index (χ2n) is 11.4. The third-order valence-corrected chi connectivity index (χ3v) is 7.66. The maximum absolute atomic E-state index is 13.6. The molecule has 2 aromatic rings. The van der Waals surface area contributed by atoms with Gasteiger partial charge in [0.1, 0.15) is 11.5 Å². The van der Waals surface area contributed by atoms with Gasteiger partial charge in [-0.15, -0.1) is 0 Å². The molecule has 222 valence electrons. The minimum absolute atomic E-state index is 0.161. The molecule has 1 saturated carbocycles. The quantitative estimate of drug-likeness (QED) is 0.286. The van der Waals surface area contributed by atoms with Crippen LogP contribution in [0.4, 0.5) is 0 Å². The van der Waals surface area contributed by atoms with Crippen LogP contribution in [-0.2, 0) is 11.3 Å². The minimum Gasteiger partial charge on any atom is -0.496 e. The lowest BCUT2D eigenvalue weighted by atomic mass is 9.85. The number of benzene rings is 1. The van der Waals surface area contributed by atoms with Crippen LogP contribution in [0.25, 0.3) is 11.3 Å². The molecular weight excluding hydrogens is 508 g/mol. The van der Waals surface area contributed by atoms with E-state index in [1.807, 2.05) is 29.8 Å². The molecule has 1 aliphatic carbocycles. The molecule has 1 aromatic heterocycles. The van der Waals surface area contributed by atoms with Crippen LogP contribution in [0.3, 0.4) is 0 Å². The number of carbonyl (C=O) groups is 2. The molecule has 1 heterocycles. The predicted molar refractivity (Wildman–Crippen MR) is 157 cm³/mol. The van der Waals surface area contributed by atoms with Crippen molar-refractivity contribution in [3.05, 3.63) is 30.0 Å². The third kappa shape index (κ3) is 8.98. The molecule has 1 fully saturated rings. The van der Waals surface area contributed by atoms with E-state index in [0.29, 0.717) is 36.3 Å². The van der Waals surface area contributed by atoms with E-state index in [-0.39, 0.29) is 36.5 Å². The average molecular weight is 557 g/mol. The van der Waals surface area contributed by atoms with Gasteiger partial charge in [-0.3, -0.25) is 14.3 Å². The van der Waals surface area contributed by atoms with Crippen LogP contribution in [0.5, 0.6) is 11.5 Å². The first-order valence-corrected chi connectivity index (χ1v) is 14.8. The van der Waals surface area contributed by atoms with E-state index in [0.717, 1.165) is 24.1 Å². The summed E-state index contributed by atoms with van der Waals surface area (Å²) in [6.45, 7) is 6.89. The number of aliphatic hydroxyl groups excluding tert-OH is 1. The molecule has 9 heteroatoms. The highest BCUT2D eigenvalue weighted by Gasteiger charge is 2.25. The molecule has 2 atom stereocenters. The number of methoxy groups -OCH3 is 2. The summed E-state index contributed by atoms with van der Waals surface area (Å²) in [7, 11) is 3.22. The van der Waals surface area contributed by atoms with Crippen molar-refractivity contribution >= 4 is 11.8 Å². The van der Waals surface area contributed by atoms with E-state index in [9.17, 15) is 14.7 Å². The Hall–Kier alpha value is -3.07. The van der Waals surface area contributed by atoms with Crippen LogP contribution in [0, 0.1) is 11.8 Å². The highest BCUT2D eigenvalue weighted by molar-refractivity contribution is 5.94. The van der Waals surface area contributed by atoms with E-state index >= 15 is 0 Å². The first-order chi connectivity index (χ1) is 19.2. The predicted octanol–water partition coefficient (Wildman–Crippen LogP) is 4.96. The van der Waals surface area contributed by atoms with Crippen LogP contribution < -0.4 is 20.1 Å². The van der Waals surface area contributed by atoms with Crippen molar-refractivity contribution in [1.82, 2.24) is 20.4 Å². The summed E-state index contributed by atoms with van der Waals surface area (Å²) < 4.78 is 13.1. The van der Waals surface area contributed by atoms with Gasteiger partial charge in [0.2, 0.25) is 5.91 Å². The molecule has 0 bridgehead atoms. The molecule has 1 unspecified atom stereocenters. The largest absolute Gasteiger partial charge is 0.496 e. The molecule has 1 aromatic carbocycles. The van der Waals surface area contributed by atoms with E-state index in [4.69, 9.17) is 14.6 Å². The van der Waals surface area contributed by atoms with Gasteiger partial charge in [-0.25, -0.2) is 0 Å². The van der Waals surface area contributed by atoms with Crippen LogP contribution >= 0.6 is 0 Å². The summed E-state index contributed by atoms with van der Waals surface area (Å²) >= 11 is 0. The van der Waals surface area contributed by atoms with Crippen LogP contribution in [0.1, 0.15) is 89.0 Å². The highest BCUT2D eigenvalue weighted by Crippen LogP contribution is 2.39. The van der Waals surface area contributed by atoms with Crippen LogP contribution in [0.2, 0.25) is 0 Å². The maximum Gasteiger partial charge on any atom is 0.272 e. The Bertz CT molecular complexity index is 1070. The fraction of sp³-hybridized carbons (Fsp3) is 0.645. The molecule has 1 aliphatic rings. The molecule has 0 radical (unpaired) electrons. The molecule has 0 saturated heterocycles. The van der Waals surface area contributed by atoms with Gasteiger partial charge in [0.25, 0.3) is 5.91 Å². The number of carbonyl (C=O) groups excluding carboxylic acids is 2. The Balaban J connectivity index is 1.83. The van der Waals surface area contributed by atoms with E-state index in [1.54, 1.807) is 20.3 Å². The number of aliphatic hydroxyl groups is 1. The van der Waals surface area contributed by atoms with Gasteiger partial charge < -0.3 is 25.2 Å². The monoisotopic (exact) mass is 556 g/mol. The van der Waals surface area contributed by atoms with Crippen LogP contribution in [0.15, 0.2) is 24.3 Å². The highest BCUT2D eigenvalue weighted by atomic mass is 16.5. The summed E-state index contributed by atoms with van der Waals surface area (Å²) in [6, 6.07) is 7.03. The number of ether oxygens (including phenoxy) is 2. The standard InChI is InChI=1S/C31H48N4O5/c1-6-24(36)19-32-29(37)17-23(16-15-22-11-8-7-9-12-22)33-31(38)25-18-26(35(34-25)20-21(2)3)30-27(39-4)13-10-14-28(30)40-5/h10,13-14,18,21-24,36H,6-9,11-12,15-17,19-20H2,1-5H3,(H,32,37)(H,33,38)/t23-,24?/m0/s1. The SMILES string of the molecule is CCC(O)CNC(=O)C[C@H](CCC1CCCCC1)NC(=O)c1cc(-c2c(OC)cccc2OC)n(CC(C)C)n1. The Morgan fingerprint density at radius 2 is 1.80 bits per heavy atom. The summed E-state index contributed by atoms with van der Waals surface area (Å²) in [5, 5.41) is 20.5. The van der Waals surface area contributed by atoms with Gasteiger partial charge in [0.15, 0.2) is 5.69 Å². The van der Waals surface area contributed by atoms with Crippen LogP contribution in [-0.4, -0.2) is 59.6 Å². The number of nitrogens with one attached hydrogen (secondary N) is 2. The van der Waals surface area contributed by atoms with Gasteiger partial charge in [0.05, 0.1) is 31.6 Å². The van der Waals surface area contributed by atoms with Gasteiger partial charge in [-0.1, -0.05) is 58.9 Å². The van der Waals surface area contributed by atoms with E-state index in [2.05, 4.69) is 24.5 Å². The lowest BCUT2D eigenvalue weighted by Gasteiger charge is -2.24. The molecule has 2 amide bonds. The second-order valence-corrected chi connectivity index (χ2v) is 11.4. The topological polar surface area (TPSA) is 115 Å².